The third-order valence-electron chi connectivity index (χ3n) is 3.22. The molecular formula is C14H17N3O5. The van der Waals surface area contributed by atoms with E-state index >= 15 is 0 Å². The van der Waals surface area contributed by atoms with E-state index < -0.39 is 10.7 Å². The van der Waals surface area contributed by atoms with E-state index in [2.05, 4.69) is 10.5 Å². The molecule has 2 rings (SSSR count). The summed E-state index contributed by atoms with van der Waals surface area (Å²) >= 11 is 0. The van der Waals surface area contributed by atoms with Gasteiger partial charge in [-0.15, -0.1) is 0 Å². The van der Waals surface area contributed by atoms with Crippen LogP contribution in [0.3, 0.4) is 0 Å². The predicted octanol–water partition coefficient (Wildman–Crippen LogP) is 1.59. The summed E-state index contributed by atoms with van der Waals surface area (Å²) in [5.41, 5.74) is 3.66. The van der Waals surface area contributed by atoms with Crippen LogP contribution in [0, 0.1) is 10.1 Å². The van der Waals surface area contributed by atoms with Gasteiger partial charge >= 0.3 is 0 Å². The maximum atomic E-state index is 11.8. The number of carbonyl (C=O) groups is 1. The molecule has 0 unspecified atom stereocenters. The Bertz CT molecular complexity index is 591. The molecule has 1 amide bonds. The fourth-order valence-corrected chi connectivity index (χ4v) is 2.03. The number of benzene rings is 1. The lowest BCUT2D eigenvalue weighted by molar-refractivity contribution is -0.384. The van der Waals surface area contributed by atoms with Crippen LogP contribution < -0.4 is 5.43 Å². The van der Waals surface area contributed by atoms with Gasteiger partial charge in [0.1, 0.15) is 0 Å². The van der Waals surface area contributed by atoms with Crippen LogP contribution in [0.15, 0.2) is 29.4 Å². The van der Waals surface area contributed by atoms with Crippen LogP contribution >= 0.6 is 0 Å². The summed E-state index contributed by atoms with van der Waals surface area (Å²) in [6.45, 7) is 4.34. The van der Waals surface area contributed by atoms with Crippen LogP contribution in [0.2, 0.25) is 0 Å². The van der Waals surface area contributed by atoms with E-state index in [4.69, 9.17) is 9.47 Å². The summed E-state index contributed by atoms with van der Waals surface area (Å²) in [6.07, 6.45) is 0.0457. The number of non-ortho nitro benzene ring substituents is 1. The fourth-order valence-electron chi connectivity index (χ4n) is 2.03. The summed E-state index contributed by atoms with van der Waals surface area (Å²) in [5, 5.41) is 14.6. The molecule has 1 N–H and O–H groups in total. The average molecular weight is 307 g/mol. The second-order valence-corrected chi connectivity index (χ2v) is 5.04. The Hall–Kier alpha value is -2.32. The molecule has 1 aromatic rings. The molecular weight excluding hydrogens is 290 g/mol. The fraction of sp³-hybridized carbons (Fsp3) is 0.429. The van der Waals surface area contributed by atoms with Gasteiger partial charge in [0, 0.05) is 12.1 Å². The minimum absolute atomic E-state index is 0.00374. The summed E-state index contributed by atoms with van der Waals surface area (Å²) < 4.78 is 10.7. The molecule has 1 aliphatic heterocycles. The van der Waals surface area contributed by atoms with Gasteiger partial charge in [0.05, 0.1) is 30.3 Å². The van der Waals surface area contributed by atoms with E-state index in [1.807, 2.05) is 0 Å². The van der Waals surface area contributed by atoms with Gasteiger partial charge in [-0.3, -0.25) is 14.9 Å². The second-order valence-electron chi connectivity index (χ2n) is 5.04. The zero-order chi connectivity index (χ0) is 16.2. The highest BCUT2D eigenvalue weighted by molar-refractivity contribution is 5.99. The standard InChI is InChI=1S/C14H17N3O5/c1-10(11-3-5-12(6-4-11)17(19)20)15-16-13(18)9-14(2)21-7-8-22-14/h3-6H,7-9H2,1-2H3,(H,16,18)/b15-10-. The minimum atomic E-state index is -0.902. The van der Waals surface area contributed by atoms with E-state index in [-0.39, 0.29) is 18.0 Å². The SMILES string of the molecule is C/C(=N/NC(=O)CC1(C)OCCO1)c1ccc([N+](=O)[O-])cc1. The average Bonchev–Trinajstić information content (AvgIpc) is 2.91. The molecule has 118 valence electrons. The van der Waals surface area contributed by atoms with E-state index in [0.717, 1.165) is 0 Å². The van der Waals surface area contributed by atoms with Crippen LogP contribution in [0.25, 0.3) is 0 Å². The maximum Gasteiger partial charge on any atom is 0.269 e. The number of hydrazone groups is 1. The highest BCUT2D eigenvalue weighted by atomic mass is 16.7. The number of hydrogen-bond acceptors (Lipinski definition) is 6. The molecule has 1 fully saturated rings. The third kappa shape index (κ3) is 4.09. The van der Waals surface area contributed by atoms with Crippen molar-refractivity contribution < 1.29 is 19.2 Å². The lowest BCUT2D eigenvalue weighted by atomic mass is 10.1. The van der Waals surface area contributed by atoms with E-state index in [0.29, 0.717) is 24.5 Å². The van der Waals surface area contributed by atoms with E-state index in [1.165, 1.54) is 12.1 Å². The number of nitro benzene ring substituents is 1. The summed E-state index contributed by atoms with van der Waals surface area (Å²) in [6, 6.07) is 5.93. The first-order valence-electron chi connectivity index (χ1n) is 6.75. The second kappa shape index (κ2) is 6.63. The van der Waals surface area contributed by atoms with Gasteiger partial charge in [0.15, 0.2) is 5.79 Å². The van der Waals surface area contributed by atoms with Crippen molar-refractivity contribution in [3.05, 3.63) is 39.9 Å². The Morgan fingerprint density at radius 3 is 2.50 bits per heavy atom. The van der Waals surface area contributed by atoms with Crippen molar-refractivity contribution >= 4 is 17.3 Å². The number of amides is 1. The number of carbonyl (C=O) groups excluding carboxylic acids is 1. The van der Waals surface area contributed by atoms with Crippen LogP contribution in [0.5, 0.6) is 0 Å². The molecule has 1 heterocycles. The molecule has 1 aliphatic rings. The molecule has 8 heteroatoms. The number of rotatable bonds is 5. The van der Waals surface area contributed by atoms with Gasteiger partial charge in [-0.25, -0.2) is 5.43 Å². The van der Waals surface area contributed by atoms with Gasteiger partial charge in [-0.05, 0) is 31.5 Å². The summed E-state index contributed by atoms with van der Waals surface area (Å²) in [7, 11) is 0. The van der Waals surface area contributed by atoms with Crippen molar-refractivity contribution in [3.63, 3.8) is 0 Å². The number of nitro groups is 1. The van der Waals surface area contributed by atoms with Gasteiger partial charge in [-0.2, -0.15) is 5.10 Å². The Morgan fingerprint density at radius 1 is 1.36 bits per heavy atom. The Kier molecular flexibility index (Phi) is 4.84. The highest BCUT2D eigenvalue weighted by Gasteiger charge is 2.33. The molecule has 0 spiro atoms. The van der Waals surface area contributed by atoms with E-state index in [1.54, 1.807) is 26.0 Å². The summed E-state index contributed by atoms with van der Waals surface area (Å²) in [4.78, 5) is 21.9. The zero-order valence-electron chi connectivity index (χ0n) is 12.4. The van der Waals surface area contributed by atoms with Crippen molar-refractivity contribution in [1.82, 2.24) is 5.43 Å². The molecule has 0 saturated carbocycles. The van der Waals surface area contributed by atoms with Gasteiger partial charge in [-0.1, -0.05) is 0 Å². The summed E-state index contributed by atoms with van der Waals surface area (Å²) in [5.74, 6) is -1.23. The van der Waals surface area contributed by atoms with Crippen LogP contribution in [-0.4, -0.2) is 35.5 Å². The molecule has 0 atom stereocenters. The molecule has 0 bridgehead atoms. The number of ether oxygens (including phenoxy) is 2. The van der Waals surface area contributed by atoms with E-state index in [9.17, 15) is 14.9 Å². The maximum absolute atomic E-state index is 11.8. The molecule has 8 nitrogen and oxygen atoms in total. The molecule has 1 aromatic carbocycles. The molecule has 1 saturated heterocycles. The predicted molar refractivity (Wildman–Crippen MR) is 78.4 cm³/mol. The zero-order valence-corrected chi connectivity index (χ0v) is 12.4. The monoisotopic (exact) mass is 307 g/mol. The number of hydrogen-bond donors (Lipinski definition) is 1. The lowest BCUT2D eigenvalue weighted by Crippen LogP contribution is -2.33. The highest BCUT2D eigenvalue weighted by Crippen LogP contribution is 2.22. The molecule has 0 aromatic heterocycles. The molecule has 0 radical (unpaired) electrons. The number of nitrogens with one attached hydrogen (secondary N) is 1. The lowest BCUT2D eigenvalue weighted by Gasteiger charge is -2.20. The molecule has 22 heavy (non-hydrogen) atoms. The van der Waals surface area contributed by atoms with Crippen molar-refractivity contribution in [3.8, 4) is 0 Å². The first kappa shape index (κ1) is 16.1. The van der Waals surface area contributed by atoms with Crippen LogP contribution in [0.1, 0.15) is 25.8 Å². The third-order valence-corrected chi connectivity index (χ3v) is 3.22. The number of nitrogens with zero attached hydrogens (tertiary/aromatic N) is 2. The van der Waals surface area contributed by atoms with Crippen molar-refractivity contribution in [2.24, 2.45) is 5.10 Å². The van der Waals surface area contributed by atoms with Gasteiger partial charge in [0.25, 0.3) is 5.69 Å². The van der Waals surface area contributed by atoms with Gasteiger partial charge in [0.2, 0.25) is 5.91 Å². The van der Waals surface area contributed by atoms with Crippen molar-refractivity contribution in [2.45, 2.75) is 26.1 Å². The molecule has 0 aliphatic carbocycles. The van der Waals surface area contributed by atoms with Crippen molar-refractivity contribution in [2.75, 3.05) is 13.2 Å². The Labute approximate surface area is 127 Å². The minimum Gasteiger partial charge on any atom is -0.347 e. The van der Waals surface area contributed by atoms with Crippen LogP contribution in [-0.2, 0) is 14.3 Å². The van der Waals surface area contributed by atoms with Gasteiger partial charge < -0.3 is 9.47 Å². The normalized spacial score (nSPS) is 17.3. The first-order chi connectivity index (χ1) is 10.4. The van der Waals surface area contributed by atoms with Crippen molar-refractivity contribution in [1.29, 1.82) is 0 Å². The topological polar surface area (TPSA) is 103 Å². The quantitative estimate of drug-likeness (QED) is 0.505. The smallest absolute Gasteiger partial charge is 0.269 e. The first-order valence-corrected chi connectivity index (χ1v) is 6.75. The Balaban J connectivity index is 1.94. The van der Waals surface area contributed by atoms with Crippen LogP contribution in [0.4, 0.5) is 5.69 Å². The Morgan fingerprint density at radius 2 is 1.95 bits per heavy atom. The largest absolute Gasteiger partial charge is 0.347 e.